The maximum absolute atomic E-state index is 12.3. The number of hydrogen-bond acceptors (Lipinski definition) is 4. The lowest BCUT2D eigenvalue weighted by atomic mass is 10.1. The molecule has 1 amide bonds. The normalized spacial score (nSPS) is 11.9. The molecule has 1 heterocycles. The topological polar surface area (TPSA) is 60.5 Å². The molecule has 1 atom stereocenters. The van der Waals surface area contributed by atoms with Crippen LogP contribution >= 0.6 is 0 Å². The molecule has 1 aromatic carbocycles. The number of nitrogens with zero attached hydrogens (tertiary/aromatic N) is 1. The number of rotatable bonds is 6. The third-order valence-electron chi connectivity index (χ3n) is 3.20. The van der Waals surface area contributed by atoms with Crippen LogP contribution in [0.15, 0.2) is 42.7 Å². The summed E-state index contributed by atoms with van der Waals surface area (Å²) in [4.78, 5) is 16.2. The van der Waals surface area contributed by atoms with Crippen molar-refractivity contribution in [3.05, 3.63) is 53.9 Å². The van der Waals surface area contributed by atoms with Crippen LogP contribution in [0.4, 0.5) is 8.78 Å². The van der Waals surface area contributed by atoms with Gasteiger partial charge in [-0.2, -0.15) is 8.78 Å². The molecule has 0 radical (unpaired) electrons. The lowest BCUT2D eigenvalue weighted by Crippen LogP contribution is -2.26. The number of aromatic nitrogens is 1. The van der Waals surface area contributed by atoms with Gasteiger partial charge < -0.3 is 14.8 Å². The largest absolute Gasteiger partial charge is 0.493 e. The number of methoxy groups -OCH3 is 1. The summed E-state index contributed by atoms with van der Waals surface area (Å²) in [5.41, 5.74) is 1.18. The van der Waals surface area contributed by atoms with Crippen molar-refractivity contribution in [1.29, 1.82) is 0 Å². The SMILES string of the molecule is COc1cc(C(=O)N[C@@H](C)c2ccncc2)ccc1OC(F)F. The summed E-state index contributed by atoms with van der Waals surface area (Å²) in [5.74, 6) is -0.410. The minimum Gasteiger partial charge on any atom is -0.493 e. The molecular formula is C16H16F2N2O3. The first-order valence-corrected chi connectivity index (χ1v) is 6.85. The van der Waals surface area contributed by atoms with Gasteiger partial charge >= 0.3 is 6.61 Å². The van der Waals surface area contributed by atoms with Crippen LogP contribution in [0.1, 0.15) is 28.9 Å². The number of benzene rings is 1. The van der Waals surface area contributed by atoms with Crippen molar-refractivity contribution in [3.8, 4) is 11.5 Å². The Morgan fingerprint density at radius 1 is 1.17 bits per heavy atom. The first-order chi connectivity index (χ1) is 11.0. The van der Waals surface area contributed by atoms with Gasteiger partial charge in [0.15, 0.2) is 11.5 Å². The van der Waals surface area contributed by atoms with E-state index >= 15 is 0 Å². The Bertz CT molecular complexity index is 666. The number of carbonyl (C=O) groups is 1. The number of nitrogens with one attached hydrogen (secondary N) is 1. The minimum atomic E-state index is -2.96. The van der Waals surface area contributed by atoms with Crippen LogP contribution < -0.4 is 14.8 Å². The Morgan fingerprint density at radius 3 is 2.48 bits per heavy atom. The molecule has 0 unspecified atom stereocenters. The summed E-state index contributed by atoms with van der Waals surface area (Å²) in [6, 6.07) is 7.39. The van der Waals surface area contributed by atoms with E-state index in [-0.39, 0.29) is 29.0 Å². The lowest BCUT2D eigenvalue weighted by Gasteiger charge is -2.15. The fourth-order valence-corrected chi connectivity index (χ4v) is 2.02. The standard InChI is InChI=1S/C16H16F2N2O3/c1-10(11-5-7-19-8-6-11)20-15(21)12-3-4-13(23-16(17)18)14(9-12)22-2/h3-10,16H,1-2H3,(H,20,21)/t10-/m0/s1. The van der Waals surface area contributed by atoms with Gasteiger partial charge in [0.25, 0.3) is 5.91 Å². The van der Waals surface area contributed by atoms with Crippen LogP contribution in [0.3, 0.4) is 0 Å². The lowest BCUT2D eigenvalue weighted by molar-refractivity contribution is -0.0512. The Balaban J connectivity index is 2.13. The molecule has 5 nitrogen and oxygen atoms in total. The van der Waals surface area contributed by atoms with Gasteiger partial charge in [0.05, 0.1) is 13.2 Å². The van der Waals surface area contributed by atoms with Gasteiger partial charge in [0.2, 0.25) is 0 Å². The highest BCUT2D eigenvalue weighted by molar-refractivity contribution is 5.95. The third-order valence-corrected chi connectivity index (χ3v) is 3.20. The fraction of sp³-hybridized carbons (Fsp3) is 0.250. The van der Waals surface area contributed by atoms with Crippen molar-refractivity contribution in [2.24, 2.45) is 0 Å². The molecule has 23 heavy (non-hydrogen) atoms. The van der Waals surface area contributed by atoms with Crippen LogP contribution in [-0.4, -0.2) is 24.6 Å². The molecule has 0 saturated heterocycles. The van der Waals surface area contributed by atoms with E-state index < -0.39 is 6.61 Å². The second kappa shape index (κ2) is 7.53. The zero-order valence-electron chi connectivity index (χ0n) is 12.6. The van der Waals surface area contributed by atoms with Crippen molar-refractivity contribution in [2.45, 2.75) is 19.6 Å². The maximum Gasteiger partial charge on any atom is 0.387 e. The molecule has 7 heteroatoms. The molecule has 1 aromatic heterocycles. The van der Waals surface area contributed by atoms with E-state index in [1.165, 1.54) is 25.3 Å². The van der Waals surface area contributed by atoms with Crippen LogP contribution in [0.25, 0.3) is 0 Å². The van der Waals surface area contributed by atoms with Crippen molar-refractivity contribution in [3.63, 3.8) is 0 Å². The second-order valence-electron chi connectivity index (χ2n) is 4.72. The average molecular weight is 322 g/mol. The van der Waals surface area contributed by atoms with Gasteiger partial charge in [-0.25, -0.2) is 0 Å². The van der Waals surface area contributed by atoms with E-state index in [1.807, 2.05) is 6.92 Å². The van der Waals surface area contributed by atoms with Gasteiger partial charge in [0, 0.05) is 18.0 Å². The highest BCUT2D eigenvalue weighted by atomic mass is 19.3. The number of halogens is 2. The molecule has 1 N–H and O–H groups in total. The van der Waals surface area contributed by atoms with E-state index in [4.69, 9.17) is 4.74 Å². The zero-order chi connectivity index (χ0) is 16.8. The van der Waals surface area contributed by atoms with Crippen molar-refractivity contribution >= 4 is 5.91 Å². The van der Waals surface area contributed by atoms with Crippen molar-refractivity contribution < 1.29 is 23.0 Å². The predicted molar refractivity (Wildman–Crippen MR) is 79.7 cm³/mol. The summed E-state index contributed by atoms with van der Waals surface area (Å²) in [5, 5.41) is 2.81. The van der Waals surface area contributed by atoms with Crippen molar-refractivity contribution in [2.75, 3.05) is 7.11 Å². The summed E-state index contributed by atoms with van der Waals surface area (Å²) >= 11 is 0. The van der Waals surface area contributed by atoms with E-state index in [0.29, 0.717) is 0 Å². The van der Waals surface area contributed by atoms with Crippen LogP contribution in [0.2, 0.25) is 0 Å². The Labute approximate surface area is 132 Å². The third kappa shape index (κ3) is 4.38. The van der Waals surface area contributed by atoms with E-state index in [2.05, 4.69) is 15.0 Å². The molecule has 0 bridgehead atoms. The Hall–Kier alpha value is -2.70. The van der Waals surface area contributed by atoms with Gasteiger partial charge in [-0.05, 0) is 42.8 Å². The Kier molecular flexibility index (Phi) is 5.46. The predicted octanol–water partition coefficient (Wildman–Crippen LogP) is 3.18. The average Bonchev–Trinajstić information content (AvgIpc) is 2.55. The molecule has 0 aliphatic carbocycles. The first-order valence-electron chi connectivity index (χ1n) is 6.85. The summed E-state index contributed by atoms with van der Waals surface area (Å²) in [7, 11) is 1.31. The monoisotopic (exact) mass is 322 g/mol. The number of hydrogen-bond donors (Lipinski definition) is 1. The van der Waals surface area contributed by atoms with Crippen LogP contribution in [0.5, 0.6) is 11.5 Å². The molecule has 0 fully saturated rings. The highest BCUT2D eigenvalue weighted by Gasteiger charge is 2.16. The van der Waals surface area contributed by atoms with Crippen LogP contribution in [0, 0.1) is 0 Å². The quantitative estimate of drug-likeness (QED) is 0.887. The summed E-state index contributed by atoms with van der Waals surface area (Å²) < 4.78 is 33.9. The molecule has 0 aliphatic rings. The van der Waals surface area contributed by atoms with Gasteiger partial charge in [0.1, 0.15) is 0 Å². The maximum atomic E-state index is 12.3. The first kappa shape index (κ1) is 16.7. The molecule has 2 rings (SSSR count). The summed E-state index contributed by atoms with van der Waals surface area (Å²) in [6.45, 7) is -1.13. The smallest absolute Gasteiger partial charge is 0.387 e. The molecule has 0 saturated carbocycles. The fourth-order valence-electron chi connectivity index (χ4n) is 2.02. The van der Waals surface area contributed by atoms with Gasteiger partial charge in [-0.1, -0.05) is 0 Å². The van der Waals surface area contributed by atoms with Crippen LogP contribution in [-0.2, 0) is 0 Å². The number of pyridine rings is 1. The zero-order valence-corrected chi connectivity index (χ0v) is 12.6. The van der Waals surface area contributed by atoms with E-state index in [1.54, 1.807) is 24.5 Å². The van der Waals surface area contributed by atoms with E-state index in [0.717, 1.165) is 5.56 Å². The van der Waals surface area contributed by atoms with Crippen molar-refractivity contribution in [1.82, 2.24) is 10.3 Å². The number of ether oxygens (including phenoxy) is 2. The number of carbonyl (C=O) groups excluding carboxylic acids is 1. The van der Waals surface area contributed by atoms with E-state index in [9.17, 15) is 13.6 Å². The molecule has 122 valence electrons. The van der Waals surface area contributed by atoms with Gasteiger partial charge in [-0.15, -0.1) is 0 Å². The molecule has 0 aliphatic heterocycles. The molecular weight excluding hydrogens is 306 g/mol. The second-order valence-corrected chi connectivity index (χ2v) is 4.72. The summed E-state index contributed by atoms with van der Waals surface area (Å²) in [6.07, 6.45) is 3.27. The minimum absolute atomic E-state index is 0.0644. The number of alkyl halides is 2. The molecule has 0 spiro atoms. The molecule has 2 aromatic rings. The Morgan fingerprint density at radius 2 is 1.87 bits per heavy atom. The highest BCUT2D eigenvalue weighted by Crippen LogP contribution is 2.29. The van der Waals surface area contributed by atoms with Gasteiger partial charge in [-0.3, -0.25) is 9.78 Å². The number of amides is 1.